The SMILES string of the molecule is Cc1cccc(Cl)c1OCCn1ccc(C)c(C(=O)O)c1=O. The second-order valence-corrected chi connectivity index (χ2v) is 5.32. The molecule has 1 aromatic heterocycles. The molecule has 0 fully saturated rings. The molecule has 0 amide bonds. The van der Waals surface area contributed by atoms with E-state index in [2.05, 4.69) is 0 Å². The summed E-state index contributed by atoms with van der Waals surface area (Å²) in [6.07, 6.45) is 1.56. The molecule has 1 heterocycles. The molecule has 2 aromatic rings. The lowest BCUT2D eigenvalue weighted by atomic mass is 10.1. The number of aromatic carboxylic acids is 1. The van der Waals surface area contributed by atoms with E-state index in [-0.39, 0.29) is 18.7 Å². The van der Waals surface area contributed by atoms with Gasteiger partial charge in [-0.25, -0.2) is 4.79 Å². The minimum atomic E-state index is -1.22. The van der Waals surface area contributed by atoms with Crippen LogP contribution in [0.3, 0.4) is 0 Å². The van der Waals surface area contributed by atoms with Gasteiger partial charge in [0.15, 0.2) is 0 Å². The number of benzene rings is 1. The Hall–Kier alpha value is -2.27. The molecule has 2 rings (SSSR count). The van der Waals surface area contributed by atoms with Gasteiger partial charge in [0, 0.05) is 6.20 Å². The van der Waals surface area contributed by atoms with Gasteiger partial charge in [-0.3, -0.25) is 4.79 Å². The maximum atomic E-state index is 12.1. The van der Waals surface area contributed by atoms with E-state index in [1.54, 1.807) is 25.3 Å². The molecule has 0 saturated heterocycles. The van der Waals surface area contributed by atoms with E-state index in [0.717, 1.165) is 5.56 Å². The first-order valence-electron chi connectivity index (χ1n) is 6.73. The Bertz CT molecular complexity index is 747. The van der Waals surface area contributed by atoms with Crippen LogP contribution in [0.4, 0.5) is 0 Å². The number of pyridine rings is 1. The smallest absolute Gasteiger partial charge is 0.341 e. The number of nitrogens with zero attached hydrogens (tertiary/aromatic N) is 1. The van der Waals surface area contributed by atoms with Crippen LogP contribution in [0.1, 0.15) is 21.5 Å². The minimum Gasteiger partial charge on any atom is -0.490 e. The number of hydrogen-bond acceptors (Lipinski definition) is 3. The first-order valence-corrected chi connectivity index (χ1v) is 7.11. The van der Waals surface area contributed by atoms with Crippen LogP contribution in [0.5, 0.6) is 5.75 Å². The fourth-order valence-corrected chi connectivity index (χ4v) is 2.42. The maximum Gasteiger partial charge on any atom is 0.341 e. The summed E-state index contributed by atoms with van der Waals surface area (Å²) in [6.45, 7) is 3.93. The lowest BCUT2D eigenvalue weighted by Crippen LogP contribution is -2.28. The van der Waals surface area contributed by atoms with Crippen molar-refractivity contribution in [3.8, 4) is 5.75 Å². The molecule has 22 heavy (non-hydrogen) atoms. The predicted octanol–water partition coefficient (Wildman–Crippen LogP) is 2.90. The Labute approximate surface area is 132 Å². The molecule has 1 N–H and O–H groups in total. The highest BCUT2D eigenvalue weighted by Gasteiger charge is 2.14. The first kappa shape index (κ1) is 16.1. The number of aromatic nitrogens is 1. The average Bonchev–Trinajstić information content (AvgIpc) is 2.44. The average molecular weight is 322 g/mol. The van der Waals surface area contributed by atoms with Crippen molar-refractivity contribution in [1.29, 1.82) is 0 Å². The first-order chi connectivity index (χ1) is 10.4. The van der Waals surface area contributed by atoms with E-state index in [4.69, 9.17) is 21.4 Å². The van der Waals surface area contributed by atoms with E-state index >= 15 is 0 Å². The summed E-state index contributed by atoms with van der Waals surface area (Å²) in [4.78, 5) is 23.2. The van der Waals surface area contributed by atoms with Crippen LogP contribution in [-0.2, 0) is 6.54 Å². The van der Waals surface area contributed by atoms with E-state index in [1.807, 2.05) is 19.1 Å². The number of ether oxygens (including phenoxy) is 1. The van der Waals surface area contributed by atoms with Crippen molar-refractivity contribution in [2.75, 3.05) is 6.61 Å². The van der Waals surface area contributed by atoms with E-state index in [1.165, 1.54) is 4.57 Å². The zero-order valence-electron chi connectivity index (χ0n) is 12.3. The Morgan fingerprint density at radius 2 is 2.00 bits per heavy atom. The summed E-state index contributed by atoms with van der Waals surface area (Å²) in [5.74, 6) is -0.650. The number of aryl methyl sites for hydroxylation is 2. The van der Waals surface area contributed by atoms with Crippen molar-refractivity contribution in [3.63, 3.8) is 0 Å². The number of carboxylic acid groups (broad SMARTS) is 1. The Balaban J connectivity index is 2.15. The number of carbonyl (C=O) groups is 1. The fourth-order valence-electron chi connectivity index (χ4n) is 2.15. The van der Waals surface area contributed by atoms with E-state index in [0.29, 0.717) is 16.3 Å². The highest BCUT2D eigenvalue weighted by atomic mass is 35.5. The van der Waals surface area contributed by atoms with Gasteiger partial charge in [0.25, 0.3) is 5.56 Å². The maximum absolute atomic E-state index is 12.1. The Morgan fingerprint density at radius 1 is 1.27 bits per heavy atom. The van der Waals surface area contributed by atoms with Crippen LogP contribution in [0.2, 0.25) is 5.02 Å². The van der Waals surface area contributed by atoms with Crippen molar-refractivity contribution in [2.45, 2.75) is 20.4 Å². The van der Waals surface area contributed by atoms with Crippen LogP contribution in [0.15, 0.2) is 35.3 Å². The summed E-state index contributed by atoms with van der Waals surface area (Å²) < 4.78 is 6.94. The summed E-state index contributed by atoms with van der Waals surface area (Å²) in [5, 5.41) is 9.59. The molecular weight excluding hydrogens is 306 g/mol. The number of carboxylic acids is 1. The molecule has 1 aromatic carbocycles. The molecule has 0 aliphatic heterocycles. The second kappa shape index (κ2) is 6.66. The molecule has 0 bridgehead atoms. The summed E-state index contributed by atoms with van der Waals surface area (Å²) >= 11 is 6.06. The third kappa shape index (κ3) is 3.31. The zero-order valence-corrected chi connectivity index (χ0v) is 13.1. The van der Waals surface area contributed by atoms with Gasteiger partial charge < -0.3 is 14.4 Å². The summed E-state index contributed by atoms with van der Waals surface area (Å²) in [6, 6.07) is 7.03. The van der Waals surface area contributed by atoms with Crippen molar-refractivity contribution in [3.05, 3.63) is 62.5 Å². The summed E-state index contributed by atoms with van der Waals surface area (Å²) in [5.41, 5.74) is 0.593. The highest BCUT2D eigenvalue weighted by Crippen LogP contribution is 2.27. The normalized spacial score (nSPS) is 10.5. The van der Waals surface area contributed by atoms with Crippen molar-refractivity contribution < 1.29 is 14.6 Å². The van der Waals surface area contributed by atoms with Crippen LogP contribution in [0.25, 0.3) is 0 Å². The molecule has 116 valence electrons. The number of halogens is 1. The predicted molar refractivity (Wildman–Crippen MR) is 84.1 cm³/mol. The lowest BCUT2D eigenvalue weighted by molar-refractivity contribution is 0.0693. The Morgan fingerprint density at radius 3 is 2.64 bits per heavy atom. The molecule has 0 atom stereocenters. The molecule has 0 aliphatic carbocycles. The Kier molecular flexibility index (Phi) is 4.88. The fraction of sp³-hybridized carbons (Fsp3) is 0.250. The molecule has 5 nitrogen and oxygen atoms in total. The van der Waals surface area contributed by atoms with Gasteiger partial charge in [0.1, 0.15) is 17.9 Å². The molecule has 0 radical (unpaired) electrons. The molecule has 0 saturated carbocycles. The van der Waals surface area contributed by atoms with Crippen LogP contribution in [-0.4, -0.2) is 22.2 Å². The van der Waals surface area contributed by atoms with Gasteiger partial charge in [-0.15, -0.1) is 0 Å². The van der Waals surface area contributed by atoms with E-state index in [9.17, 15) is 9.59 Å². The largest absolute Gasteiger partial charge is 0.490 e. The second-order valence-electron chi connectivity index (χ2n) is 4.91. The van der Waals surface area contributed by atoms with Gasteiger partial charge in [-0.1, -0.05) is 23.7 Å². The van der Waals surface area contributed by atoms with Gasteiger partial charge in [-0.05, 0) is 37.1 Å². The minimum absolute atomic E-state index is 0.212. The van der Waals surface area contributed by atoms with Crippen molar-refractivity contribution in [1.82, 2.24) is 4.57 Å². The molecule has 0 aliphatic rings. The number of para-hydroxylation sites is 1. The van der Waals surface area contributed by atoms with Gasteiger partial charge in [0.05, 0.1) is 11.6 Å². The van der Waals surface area contributed by atoms with Crippen molar-refractivity contribution >= 4 is 17.6 Å². The third-order valence-corrected chi connectivity index (χ3v) is 3.63. The monoisotopic (exact) mass is 321 g/mol. The highest BCUT2D eigenvalue weighted by molar-refractivity contribution is 6.32. The van der Waals surface area contributed by atoms with Crippen molar-refractivity contribution in [2.24, 2.45) is 0 Å². The quantitative estimate of drug-likeness (QED) is 0.919. The number of hydrogen-bond donors (Lipinski definition) is 1. The molecular formula is C16H16ClNO4. The van der Waals surface area contributed by atoms with Crippen LogP contribution in [0, 0.1) is 13.8 Å². The third-order valence-electron chi connectivity index (χ3n) is 3.33. The molecule has 0 spiro atoms. The summed E-state index contributed by atoms with van der Waals surface area (Å²) in [7, 11) is 0. The van der Waals surface area contributed by atoms with Gasteiger partial charge >= 0.3 is 5.97 Å². The standard InChI is InChI=1S/C16H16ClNO4/c1-10-6-7-18(15(19)13(10)16(20)21)8-9-22-14-11(2)4-3-5-12(14)17/h3-7H,8-9H2,1-2H3,(H,20,21). The van der Waals surface area contributed by atoms with Crippen LogP contribution >= 0.6 is 11.6 Å². The van der Waals surface area contributed by atoms with E-state index < -0.39 is 11.5 Å². The number of rotatable bonds is 5. The topological polar surface area (TPSA) is 68.5 Å². The van der Waals surface area contributed by atoms with Gasteiger partial charge in [-0.2, -0.15) is 0 Å². The molecule has 0 unspecified atom stereocenters. The lowest BCUT2D eigenvalue weighted by Gasteiger charge is -2.12. The van der Waals surface area contributed by atoms with Gasteiger partial charge in [0.2, 0.25) is 0 Å². The van der Waals surface area contributed by atoms with Crippen LogP contribution < -0.4 is 10.3 Å². The molecule has 6 heteroatoms. The zero-order chi connectivity index (χ0) is 16.3.